The molecule has 0 bridgehead atoms. The molecular weight excluding hydrogens is 206 g/mol. The molecular formula is C12H21NO3. The van der Waals surface area contributed by atoms with Crippen molar-refractivity contribution in [3.8, 4) is 0 Å². The van der Waals surface area contributed by atoms with E-state index in [0.717, 1.165) is 19.4 Å². The molecule has 2 N–H and O–H groups in total. The Morgan fingerprint density at radius 1 is 1.50 bits per heavy atom. The number of carbonyl (C=O) groups excluding carboxylic acids is 2. The van der Waals surface area contributed by atoms with E-state index in [1.165, 1.54) is 0 Å². The summed E-state index contributed by atoms with van der Waals surface area (Å²) in [6.45, 7) is 6.15. The molecule has 4 heteroatoms. The molecule has 16 heavy (non-hydrogen) atoms. The first kappa shape index (κ1) is 13.3. The summed E-state index contributed by atoms with van der Waals surface area (Å²) in [4.78, 5) is 23.7. The van der Waals surface area contributed by atoms with Gasteiger partial charge < -0.3 is 10.4 Å². The minimum absolute atomic E-state index is 0.246. The maximum atomic E-state index is 11.9. The molecule has 1 aliphatic rings. The van der Waals surface area contributed by atoms with E-state index in [9.17, 15) is 14.7 Å². The van der Waals surface area contributed by atoms with Crippen molar-refractivity contribution in [1.82, 2.24) is 5.32 Å². The molecule has 0 radical (unpaired) electrons. The zero-order valence-electron chi connectivity index (χ0n) is 10.2. The number of hydrogen-bond donors (Lipinski definition) is 2. The van der Waals surface area contributed by atoms with Crippen molar-refractivity contribution in [1.29, 1.82) is 0 Å². The highest BCUT2D eigenvalue weighted by Crippen LogP contribution is 2.23. The summed E-state index contributed by atoms with van der Waals surface area (Å²) in [5.41, 5.74) is -0.670. The van der Waals surface area contributed by atoms with Crippen LogP contribution in [0.5, 0.6) is 0 Å². The topological polar surface area (TPSA) is 66.4 Å². The fourth-order valence-electron chi connectivity index (χ4n) is 1.79. The Labute approximate surface area is 96.4 Å². The highest BCUT2D eigenvalue weighted by molar-refractivity contribution is 6.40. The minimum Gasteiger partial charge on any atom is -0.383 e. The van der Waals surface area contributed by atoms with Gasteiger partial charge in [-0.05, 0) is 25.8 Å². The van der Waals surface area contributed by atoms with Crippen LogP contribution < -0.4 is 5.32 Å². The standard InChI is InChI=1S/C12H21NO3/c1-4-12(2,3)11(16)10(15)9(14)8-6-5-7-13-8/h8-9,13-14H,4-7H2,1-3H3/t8-,9?/m0/s1. The molecule has 92 valence electrons. The van der Waals surface area contributed by atoms with Crippen LogP contribution in [0.1, 0.15) is 40.0 Å². The van der Waals surface area contributed by atoms with Crippen LogP contribution in [0, 0.1) is 5.41 Å². The SMILES string of the molecule is CCC(C)(C)C(=O)C(=O)C(O)[C@@H]1CCCN1. The van der Waals surface area contributed by atoms with Crippen LogP contribution >= 0.6 is 0 Å². The van der Waals surface area contributed by atoms with Crippen molar-refractivity contribution < 1.29 is 14.7 Å². The highest BCUT2D eigenvalue weighted by Gasteiger charge is 2.38. The molecule has 1 rings (SSSR count). The first-order valence-electron chi connectivity index (χ1n) is 5.90. The van der Waals surface area contributed by atoms with Crippen LogP contribution in [-0.4, -0.2) is 35.4 Å². The van der Waals surface area contributed by atoms with E-state index >= 15 is 0 Å². The van der Waals surface area contributed by atoms with Crippen LogP contribution in [0.3, 0.4) is 0 Å². The molecule has 0 aliphatic carbocycles. The van der Waals surface area contributed by atoms with Crippen molar-refractivity contribution in [3.05, 3.63) is 0 Å². The first-order valence-corrected chi connectivity index (χ1v) is 5.90. The molecule has 0 saturated carbocycles. The summed E-state index contributed by atoms with van der Waals surface area (Å²) >= 11 is 0. The first-order chi connectivity index (χ1) is 7.40. The second kappa shape index (κ2) is 5.06. The lowest BCUT2D eigenvalue weighted by Gasteiger charge is -2.23. The zero-order chi connectivity index (χ0) is 12.3. The lowest BCUT2D eigenvalue weighted by atomic mass is 9.81. The van der Waals surface area contributed by atoms with Crippen molar-refractivity contribution in [2.45, 2.75) is 52.2 Å². The molecule has 1 aliphatic heterocycles. The summed E-state index contributed by atoms with van der Waals surface area (Å²) in [5, 5.41) is 12.9. The van der Waals surface area contributed by atoms with E-state index in [2.05, 4.69) is 5.32 Å². The maximum Gasteiger partial charge on any atom is 0.228 e. The maximum absolute atomic E-state index is 11.9. The van der Waals surface area contributed by atoms with Crippen LogP contribution in [0.4, 0.5) is 0 Å². The third kappa shape index (κ3) is 2.68. The summed E-state index contributed by atoms with van der Waals surface area (Å²) in [7, 11) is 0. The molecule has 1 unspecified atom stereocenters. The highest BCUT2D eigenvalue weighted by atomic mass is 16.3. The number of nitrogens with one attached hydrogen (secondary N) is 1. The summed E-state index contributed by atoms with van der Waals surface area (Å²) in [6, 6.07) is -0.246. The molecule has 1 fully saturated rings. The smallest absolute Gasteiger partial charge is 0.228 e. The molecule has 4 nitrogen and oxygen atoms in total. The van der Waals surface area contributed by atoms with Gasteiger partial charge in [0.1, 0.15) is 6.10 Å². The number of Topliss-reactive ketones (excluding diaryl/α,β-unsaturated/α-hetero) is 2. The average Bonchev–Trinajstić information content (AvgIpc) is 2.79. The predicted molar refractivity (Wildman–Crippen MR) is 61.1 cm³/mol. The van der Waals surface area contributed by atoms with Gasteiger partial charge in [-0.1, -0.05) is 20.8 Å². The van der Waals surface area contributed by atoms with Crippen molar-refractivity contribution in [2.24, 2.45) is 5.41 Å². The largest absolute Gasteiger partial charge is 0.383 e. The van der Waals surface area contributed by atoms with Gasteiger partial charge >= 0.3 is 0 Å². The van der Waals surface area contributed by atoms with Gasteiger partial charge in [-0.3, -0.25) is 9.59 Å². The van der Waals surface area contributed by atoms with Crippen LogP contribution in [-0.2, 0) is 9.59 Å². The van der Waals surface area contributed by atoms with Crippen LogP contribution in [0.15, 0.2) is 0 Å². The van der Waals surface area contributed by atoms with Gasteiger partial charge in [0, 0.05) is 11.5 Å². The second-order valence-electron chi connectivity index (χ2n) is 5.08. The fourth-order valence-corrected chi connectivity index (χ4v) is 1.79. The number of carbonyl (C=O) groups is 2. The molecule has 2 atom stereocenters. The van der Waals surface area contributed by atoms with Gasteiger partial charge in [-0.15, -0.1) is 0 Å². The van der Waals surface area contributed by atoms with Crippen molar-refractivity contribution in [2.75, 3.05) is 6.54 Å². The Balaban J connectivity index is 2.66. The molecule has 1 heterocycles. The number of rotatable bonds is 5. The van der Waals surface area contributed by atoms with Gasteiger partial charge in [-0.2, -0.15) is 0 Å². The van der Waals surface area contributed by atoms with E-state index in [1.807, 2.05) is 6.92 Å². The molecule has 1 saturated heterocycles. The van der Waals surface area contributed by atoms with Gasteiger partial charge in [0.15, 0.2) is 0 Å². The molecule has 0 aromatic carbocycles. The lowest BCUT2D eigenvalue weighted by Crippen LogP contribution is -2.46. The third-order valence-corrected chi connectivity index (χ3v) is 3.47. The fraction of sp³-hybridized carbons (Fsp3) is 0.833. The van der Waals surface area contributed by atoms with E-state index in [-0.39, 0.29) is 6.04 Å². The normalized spacial score (nSPS) is 23.1. The van der Waals surface area contributed by atoms with Crippen LogP contribution in [0.2, 0.25) is 0 Å². The minimum atomic E-state index is -1.18. The predicted octanol–water partition coefficient (Wildman–Crippen LogP) is 0.674. The van der Waals surface area contributed by atoms with Gasteiger partial charge in [0.25, 0.3) is 0 Å². The van der Waals surface area contributed by atoms with Gasteiger partial charge in [0.2, 0.25) is 11.6 Å². The second-order valence-corrected chi connectivity index (χ2v) is 5.08. The average molecular weight is 227 g/mol. The third-order valence-electron chi connectivity index (χ3n) is 3.47. The molecule has 0 spiro atoms. The number of aliphatic hydroxyl groups is 1. The van der Waals surface area contributed by atoms with E-state index in [0.29, 0.717) is 6.42 Å². The zero-order valence-corrected chi connectivity index (χ0v) is 10.2. The summed E-state index contributed by atoms with van der Waals surface area (Å²) in [5.74, 6) is -1.11. The number of ketones is 2. The van der Waals surface area contributed by atoms with Gasteiger partial charge in [-0.25, -0.2) is 0 Å². The Hall–Kier alpha value is -0.740. The van der Waals surface area contributed by atoms with E-state index in [4.69, 9.17) is 0 Å². The Morgan fingerprint density at radius 2 is 2.12 bits per heavy atom. The Morgan fingerprint density at radius 3 is 2.56 bits per heavy atom. The number of hydrogen-bond acceptors (Lipinski definition) is 4. The van der Waals surface area contributed by atoms with Crippen LogP contribution in [0.25, 0.3) is 0 Å². The Kier molecular flexibility index (Phi) is 4.21. The lowest BCUT2D eigenvalue weighted by molar-refractivity contribution is -0.147. The monoisotopic (exact) mass is 227 g/mol. The number of aliphatic hydroxyl groups excluding tert-OH is 1. The van der Waals surface area contributed by atoms with Gasteiger partial charge in [0.05, 0.1) is 0 Å². The van der Waals surface area contributed by atoms with E-state index in [1.54, 1.807) is 13.8 Å². The molecule has 0 aromatic rings. The molecule has 0 aromatic heterocycles. The summed E-state index contributed by atoms with van der Waals surface area (Å²) in [6.07, 6.45) is 1.12. The van der Waals surface area contributed by atoms with Crippen molar-refractivity contribution in [3.63, 3.8) is 0 Å². The van der Waals surface area contributed by atoms with Crippen molar-refractivity contribution >= 4 is 11.6 Å². The van der Waals surface area contributed by atoms with E-state index < -0.39 is 23.1 Å². The quantitative estimate of drug-likeness (QED) is 0.678. The summed E-state index contributed by atoms with van der Waals surface area (Å²) < 4.78 is 0. The molecule has 0 amide bonds. The Bertz CT molecular complexity index is 280.